The van der Waals surface area contributed by atoms with Crippen LogP contribution in [0.4, 0.5) is 5.69 Å². The molecule has 0 saturated heterocycles. The molecule has 12 heavy (non-hydrogen) atoms. The number of nitrogens with one attached hydrogen (secondary N) is 1. The van der Waals surface area contributed by atoms with Gasteiger partial charge in [-0.15, -0.1) is 0 Å². The zero-order valence-electron chi connectivity index (χ0n) is 7.50. The van der Waals surface area contributed by atoms with Crippen molar-refractivity contribution >= 4 is 5.69 Å². The lowest BCUT2D eigenvalue weighted by atomic mass is 10.3. The van der Waals surface area contributed by atoms with E-state index in [1.54, 1.807) is 13.3 Å². The van der Waals surface area contributed by atoms with Crippen molar-refractivity contribution in [2.45, 2.75) is 13.5 Å². The van der Waals surface area contributed by atoms with Crippen molar-refractivity contribution in [2.24, 2.45) is 0 Å². The van der Waals surface area contributed by atoms with Gasteiger partial charge in [-0.05, 0) is 19.1 Å². The first-order chi connectivity index (χ1) is 5.88. The highest BCUT2D eigenvalue weighted by Gasteiger charge is 1.99. The smallest absolute Gasteiger partial charge is 0.0905 e. The summed E-state index contributed by atoms with van der Waals surface area (Å²) in [6.07, 6.45) is 1.77. The lowest BCUT2D eigenvalue weighted by molar-refractivity contribution is 0.182. The van der Waals surface area contributed by atoms with E-state index < -0.39 is 0 Å². The molecule has 3 heteroatoms. The normalized spacial score (nSPS) is 9.83. The SMILES string of the molecule is CCNc1cccnc1COC. The molecule has 0 aliphatic carbocycles. The monoisotopic (exact) mass is 166 g/mol. The van der Waals surface area contributed by atoms with Crippen molar-refractivity contribution in [3.63, 3.8) is 0 Å². The van der Waals surface area contributed by atoms with E-state index in [2.05, 4.69) is 17.2 Å². The molecule has 0 unspecified atom stereocenters. The number of ether oxygens (including phenoxy) is 1. The lowest BCUT2D eigenvalue weighted by Gasteiger charge is -2.07. The van der Waals surface area contributed by atoms with Gasteiger partial charge in [-0.3, -0.25) is 4.98 Å². The molecule has 0 amide bonds. The molecule has 1 heterocycles. The largest absolute Gasteiger partial charge is 0.384 e. The summed E-state index contributed by atoms with van der Waals surface area (Å²) in [6, 6.07) is 3.92. The fraction of sp³-hybridized carbons (Fsp3) is 0.444. The summed E-state index contributed by atoms with van der Waals surface area (Å²) in [5.74, 6) is 0. The molecule has 66 valence electrons. The van der Waals surface area contributed by atoms with Gasteiger partial charge in [-0.2, -0.15) is 0 Å². The molecule has 0 saturated carbocycles. The summed E-state index contributed by atoms with van der Waals surface area (Å²) >= 11 is 0. The summed E-state index contributed by atoms with van der Waals surface area (Å²) in [5.41, 5.74) is 2.02. The summed E-state index contributed by atoms with van der Waals surface area (Å²) in [4.78, 5) is 4.20. The van der Waals surface area contributed by atoms with E-state index in [1.165, 1.54) is 0 Å². The van der Waals surface area contributed by atoms with Gasteiger partial charge >= 0.3 is 0 Å². The molecule has 0 bridgehead atoms. The second kappa shape index (κ2) is 4.72. The van der Waals surface area contributed by atoms with Gasteiger partial charge in [0.1, 0.15) is 0 Å². The van der Waals surface area contributed by atoms with E-state index in [9.17, 15) is 0 Å². The molecule has 1 aromatic rings. The number of rotatable bonds is 4. The van der Waals surface area contributed by atoms with Crippen molar-refractivity contribution in [3.8, 4) is 0 Å². The van der Waals surface area contributed by atoms with Crippen LogP contribution >= 0.6 is 0 Å². The maximum absolute atomic E-state index is 5.01. The van der Waals surface area contributed by atoms with Gasteiger partial charge in [0.2, 0.25) is 0 Å². The predicted octanol–water partition coefficient (Wildman–Crippen LogP) is 1.66. The number of methoxy groups -OCH3 is 1. The van der Waals surface area contributed by atoms with E-state index in [0.29, 0.717) is 6.61 Å². The van der Waals surface area contributed by atoms with Crippen LogP contribution in [-0.4, -0.2) is 18.6 Å². The third-order valence-electron chi connectivity index (χ3n) is 1.54. The lowest BCUT2D eigenvalue weighted by Crippen LogP contribution is -2.03. The van der Waals surface area contributed by atoms with Gasteiger partial charge in [0.15, 0.2) is 0 Å². The minimum absolute atomic E-state index is 0.559. The number of hydrogen-bond acceptors (Lipinski definition) is 3. The minimum atomic E-state index is 0.559. The summed E-state index contributed by atoms with van der Waals surface area (Å²) < 4.78 is 5.01. The van der Waals surface area contributed by atoms with Gasteiger partial charge in [0.25, 0.3) is 0 Å². The summed E-state index contributed by atoms with van der Waals surface area (Å²) in [6.45, 7) is 3.52. The summed E-state index contributed by atoms with van der Waals surface area (Å²) in [7, 11) is 1.67. The molecule has 0 fully saturated rings. The van der Waals surface area contributed by atoms with E-state index in [0.717, 1.165) is 17.9 Å². The molecule has 0 aromatic carbocycles. The summed E-state index contributed by atoms with van der Waals surface area (Å²) in [5, 5.41) is 3.22. The molecule has 0 atom stereocenters. The zero-order valence-corrected chi connectivity index (χ0v) is 7.50. The third kappa shape index (κ3) is 2.20. The van der Waals surface area contributed by atoms with E-state index >= 15 is 0 Å². The van der Waals surface area contributed by atoms with Gasteiger partial charge in [-0.25, -0.2) is 0 Å². The molecule has 0 spiro atoms. The van der Waals surface area contributed by atoms with E-state index in [4.69, 9.17) is 4.74 Å². The van der Waals surface area contributed by atoms with Crippen LogP contribution in [0.3, 0.4) is 0 Å². The fourth-order valence-electron chi connectivity index (χ4n) is 1.04. The van der Waals surface area contributed by atoms with Crippen LogP contribution in [0.15, 0.2) is 18.3 Å². The number of pyridine rings is 1. The Labute approximate surface area is 72.8 Å². The third-order valence-corrected chi connectivity index (χ3v) is 1.54. The minimum Gasteiger partial charge on any atom is -0.384 e. The second-order valence-electron chi connectivity index (χ2n) is 2.46. The highest BCUT2D eigenvalue weighted by atomic mass is 16.5. The quantitative estimate of drug-likeness (QED) is 0.738. The predicted molar refractivity (Wildman–Crippen MR) is 49.1 cm³/mol. The highest BCUT2D eigenvalue weighted by molar-refractivity contribution is 5.46. The van der Waals surface area contributed by atoms with Crippen LogP contribution in [0.1, 0.15) is 12.6 Å². The second-order valence-corrected chi connectivity index (χ2v) is 2.46. The van der Waals surface area contributed by atoms with Gasteiger partial charge in [0, 0.05) is 19.9 Å². The topological polar surface area (TPSA) is 34.2 Å². The fourth-order valence-corrected chi connectivity index (χ4v) is 1.04. The molecule has 1 rings (SSSR count). The molecular weight excluding hydrogens is 152 g/mol. The van der Waals surface area contributed by atoms with Crippen molar-refractivity contribution in [2.75, 3.05) is 19.0 Å². The standard InChI is InChI=1S/C9H14N2O/c1-3-10-8-5-4-6-11-9(8)7-12-2/h4-6,10H,3,7H2,1-2H3. The van der Waals surface area contributed by atoms with Gasteiger partial charge in [0.05, 0.1) is 18.0 Å². The molecular formula is C9H14N2O. The molecule has 0 aliphatic heterocycles. The van der Waals surface area contributed by atoms with Crippen molar-refractivity contribution in [1.29, 1.82) is 0 Å². The number of anilines is 1. The van der Waals surface area contributed by atoms with Crippen molar-refractivity contribution in [3.05, 3.63) is 24.0 Å². The van der Waals surface area contributed by atoms with Crippen molar-refractivity contribution in [1.82, 2.24) is 4.98 Å². The molecule has 1 aromatic heterocycles. The Morgan fingerprint density at radius 3 is 3.08 bits per heavy atom. The van der Waals surface area contributed by atoms with Crippen LogP contribution in [-0.2, 0) is 11.3 Å². The van der Waals surface area contributed by atoms with Crippen LogP contribution < -0.4 is 5.32 Å². The van der Waals surface area contributed by atoms with E-state index in [-0.39, 0.29) is 0 Å². The van der Waals surface area contributed by atoms with Crippen LogP contribution in [0.5, 0.6) is 0 Å². The highest BCUT2D eigenvalue weighted by Crippen LogP contribution is 2.11. The van der Waals surface area contributed by atoms with Gasteiger partial charge in [-0.1, -0.05) is 0 Å². The van der Waals surface area contributed by atoms with Crippen molar-refractivity contribution < 1.29 is 4.74 Å². The number of hydrogen-bond donors (Lipinski definition) is 1. The molecule has 1 N–H and O–H groups in total. The van der Waals surface area contributed by atoms with E-state index in [1.807, 2.05) is 12.1 Å². The first-order valence-corrected chi connectivity index (χ1v) is 4.05. The molecule has 0 radical (unpaired) electrons. The molecule has 0 aliphatic rings. The number of nitrogens with zero attached hydrogens (tertiary/aromatic N) is 1. The first-order valence-electron chi connectivity index (χ1n) is 4.05. The number of aromatic nitrogens is 1. The molecule has 3 nitrogen and oxygen atoms in total. The Morgan fingerprint density at radius 2 is 2.42 bits per heavy atom. The maximum Gasteiger partial charge on any atom is 0.0905 e. The Hall–Kier alpha value is -1.09. The first kappa shape index (κ1) is 9.00. The average Bonchev–Trinajstić information content (AvgIpc) is 2.09. The Balaban J connectivity index is 2.77. The average molecular weight is 166 g/mol. The van der Waals surface area contributed by atoms with Crippen LogP contribution in [0.25, 0.3) is 0 Å². The Morgan fingerprint density at radius 1 is 1.58 bits per heavy atom. The van der Waals surface area contributed by atoms with Crippen LogP contribution in [0, 0.1) is 0 Å². The Kier molecular flexibility index (Phi) is 3.54. The Bertz CT molecular complexity index is 213. The maximum atomic E-state index is 5.01. The van der Waals surface area contributed by atoms with Gasteiger partial charge < -0.3 is 10.1 Å². The van der Waals surface area contributed by atoms with Crippen LogP contribution in [0.2, 0.25) is 0 Å². The zero-order chi connectivity index (χ0) is 8.81.